The number of carbonyl (C=O) groups excluding carboxylic acids is 1. The van der Waals surface area contributed by atoms with Crippen molar-refractivity contribution in [2.24, 2.45) is 0 Å². The van der Waals surface area contributed by atoms with Gasteiger partial charge in [0.05, 0.1) is 18.7 Å². The molecule has 2 unspecified atom stereocenters. The van der Waals surface area contributed by atoms with Crippen LogP contribution in [0.15, 0.2) is 0 Å². The van der Waals surface area contributed by atoms with Crippen molar-refractivity contribution in [3.05, 3.63) is 0 Å². The minimum atomic E-state index is -0.972. The third-order valence-electron chi connectivity index (χ3n) is 2.02. The van der Waals surface area contributed by atoms with E-state index in [1.165, 1.54) is 4.90 Å². The van der Waals surface area contributed by atoms with Crippen LogP contribution in [0.1, 0.15) is 13.3 Å². The summed E-state index contributed by atoms with van der Waals surface area (Å²) in [7, 11) is 0. The molecule has 0 spiro atoms. The normalized spacial score (nSPS) is 33.9. The van der Waals surface area contributed by atoms with Gasteiger partial charge in [-0.05, 0) is 6.92 Å². The topological polar surface area (TPSA) is 40.5 Å². The summed E-state index contributed by atoms with van der Waals surface area (Å²) in [6.45, 7) is 1.69. The minimum absolute atomic E-state index is 0.124. The second-order valence-corrected chi connectivity index (χ2v) is 2.94. The number of halogens is 1. The lowest BCUT2D eigenvalue weighted by atomic mass is 10.1. The quantitative estimate of drug-likeness (QED) is 0.576. The third-order valence-corrected chi connectivity index (χ3v) is 2.02. The Kier molecular flexibility index (Phi) is 2.44. The maximum absolute atomic E-state index is 12.7. The second-order valence-electron chi connectivity index (χ2n) is 2.94. The molecule has 0 aliphatic carbocycles. The Morgan fingerprint density at radius 1 is 1.82 bits per heavy atom. The van der Waals surface area contributed by atoms with E-state index in [0.29, 0.717) is 6.41 Å². The number of nitrogens with zero attached hydrogens (tertiary/aromatic N) is 1. The van der Waals surface area contributed by atoms with Crippen LogP contribution >= 0.6 is 0 Å². The number of carbonyl (C=O) groups is 1. The molecule has 64 valence electrons. The molecule has 1 aliphatic heterocycles. The maximum atomic E-state index is 12.7. The van der Waals surface area contributed by atoms with Crippen molar-refractivity contribution in [3.8, 4) is 0 Å². The molecule has 0 aromatic carbocycles. The molecule has 1 saturated heterocycles. The molecule has 1 rings (SSSR count). The zero-order valence-corrected chi connectivity index (χ0v) is 6.40. The average Bonchev–Trinajstić information content (AvgIpc) is 2.30. The van der Waals surface area contributed by atoms with E-state index in [1.807, 2.05) is 0 Å². The van der Waals surface area contributed by atoms with Gasteiger partial charge in [-0.15, -0.1) is 0 Å². The van der Waals surface area contributed by atoms with E-state index < -0.39 is 12.3 Å². The van der Waals surface area contributed by atoms with Gasteiger partial charge in [-0.25, -0.2) is 4.39 Å². The molecule has 0 saturated carbocycles. The Hall–Kier alpha value is -0.640. The summed E-state index contributed by atoms with van der Waals surface area (Å²) in [5, 5.41) is 9.10. The zero-order valence-electron chi connectivity index (χ0n) is 6.40. The Morgan fingerprint density at radius 3 is 2.82 bits per heavy atom. The molecule has 1 amide bonds. The molecule has 4 heteroatoms. The smallest absolute Gasteiger partial charge is 0.210 e. The lowest BCUT2D eigenvalue weighted by molar-refractivity contribution is -0.120. The molecule has 3 atom stereocenters. The number of likely N-dealkylation sites (tertiary alicyclic amines) is 1. The van der Waals surface area contributed by atoms with E-state index in [4.69, 9.17) is 5.11 Å². The fraction of sp³-hybridized carbons (Fsp3) is 0.857. The number of amides is 1. The fourth-order valence-corrected chi connectivity index (χ4v) is 1.43. The summed E-state index contributed by atoms with van der Waals surface area (Å²) >= 11 is 0. The number of aliphatic hydroxyl groups is 1. The largest absolute Gasteiger partial charge is 0.391 e. The van der Waals surface area contributed by atoms with Gasteiger partial charge < -0.3 is 10.0 Å². The van der Waals surface area contributed by atoms with E-state index >= 15 is 0 Å². The third kappa shape index (κ3) is 1.68. The number of hydrogen-bond donors (Lipinski definition) is 1. The summed E-state index contributed by atoms with van der Waals surface area (Å²) < 4.78 is 12.7. The molecule has 0 bridgehead atoms. The first-order valence-corrected chi connectivity index (χ1v) is 3.68. The van der Waals surface area contributed by atoms with E-state index in [-0.39, 0.29) is 19.0 Å². The SMILES string of the molecule is CC(O)C1C[C@H](F)CN1C=O. The van der Waals surface area contributed by atoms with Crippen molar-refractivity contribution in [3.63, 3.8) is 0 Å². The van der Waals surface area contributed by atoms with Crippen molar-refractivity contribution in [1.82, 2.24) is 4.90 Å². The Bertz CT molecular complexity index is 151. The number of hydrogen-bond acceptors (Lipinski definition) is 2. The molecule has 3 nitrogen and oxygen atoms in total. The van der Waals surface area contributed by atoms with E-state index in [9.17, 15) is 9.18 Å². The predicted octanol–water partition coefficient (Wildman–Crippen LogP) is -0.0640. The van der Waals surface area contributed by atoms with Crippen molar-refractivity contribution < 1.29 is 14.3 Å². The summed E-state index contributed by atoms with van der Waals surface area (Å²) in [6.07, 6.45) is -0.756. The van der Waals surface area contributed by atoms with Gasteiger partial charge >= 0.3 is 0 Å². The van der Waals surface area contributed by atoms with E-state index in [2.05, 4.69) is 0 Å². The highest BCUT2D eigenvalue weighted by Gasteiger charge is 2.33. The maximum Gasteiger partial charge on any atom is 0.210 e. The Morgan fingerprint density at radius 2 is 2.45 bits per heavy atom. The number of rotatable bonds is 2. The standard InChI is InChI=1S/C7H12FNO2/c1-5(11)7-2-6(8)3-9(7)4-10/h4-7,11H,2-3H2,1H3/t5?,6-,7?/m0/s1. The number of alkyl halides is 1. The average molecular weight is 161 g/mol. The van der Waals surface area contributed by atoms with E-state index in [1.54, 1.807) is 6.92 Å². The Balaban J connectivity index is 2.57. The van der Waals surface area contributed by atoms with Gasteiger partial charge in [-0.1, -0.05) is 0 Å². The van der Waals surface area contributed by atoms with Crippen molar-refractivity contribution in [2.45, 2.75) is 31.7 Å². The first-order valence-electron chi connectivity index (χ1n) is 3.68. The fourth-order valence-electron chi connectivity index (χ4n) is 1.43. The highest BCUT2D eigenvalue weighted by molar-refractivity contribution is 5.48. The zero-order chi connectivity index (χ0) is 8.43. The van der Waals surface area contributed by atoms with Crippen LogP contribution in [0.25, 0.3) is 0 Å². The lowest BCUT2D eigenvalue weighted by Crippen LogP contribution is -2.36. The highest BCUT2D eigenvalue weighted by Crippen LogP contribution is 2.20. The summed E-state index contributed by atoms with van der Waals surface area (Å²) in [5.41, 5.74) is 0. The van der Waals surface area contributed by atoms with Crippen LogP contribution in [-0.2, 0) is 4.79 Å². The Labute approximate surface area is 64.8 Å². The van der Waals surface area contributed by atoms with Crippen LogP contribution in [0.2, 0.25) is 0 Å². The van der Waals surface area contributed by atoms with Crippen molar-refractivity contribution in [1.29, 1.82) is 0 Å². The van der Waals surface area contributed by atoms with Gasteiger partial charge in [0, 0.05) is 6.42 Å². The molecule has 11 heavy (non-hydrogen) atoms. The van der Waals surface area contributed by atoms with Crippen LogP contribution < -0.4 is 0 Å². The van der Waals surface area contributed by atoms with Gasteiger partial charge in [-0.3, -0.25) is 4.79 Å². The summed E-state index contributed by atoms with van der Waals surface area (Å²) in [6, 6.07) is -0.331. The van der Waals surface area contributed by atoms with Crippen molar-refractivity contribution >= 4 is 6.41 Å². The molecule has 1 heterocycles. The summed E-state index contributed by atoms with van der Waals surface area (Å²) in [4.78, 5) is 11.6. The molecular formula is C7H12FNO2. The first kappa shape index (κ1) is 8.46. The minimum Gasteiger partial charge on any atom is -0.391 e. The van der Waals surface area contributed by atoms with Crippen LogP contribution in [0, 0.1) is 0 Å². The van der Waals surface area contributed by atoms with Gasteiger partial charge in [-0.2, -0.15) is 0 Å². The van der Waals surface area contributed by atoms with Crippen LogP contribution in [0.4, 0.5) is 4.39 Å². The molecule has 0 aromatic heterocycles. The van der Waals surface area contributed by atoms with Gasteiger partial charge in [0.1, 0.15) is 6.17 Å². The van der Waals surface area contributed by atoms with Gasteiger partial charge in [0.25, 0.3) is 0 Å². The molecule has 0 aromatic rings. The number of aliphatic hydroxyl groups excluding tert-OH is 1. The molecule has 0 radical (unpaired) electrons. The van der Waals surface area contributed by atoms with Crippen LogP contribution in [-0.4, -0.2) is 41.3 Å². The molecular weight excluding hydrogens is 149 g/mol. The molecule has 1 fully saturated rings. The first-order chi connectivity index (χ1) is 5.15. The van der Waals surface area contributed by atoms with Gasteiger partial charge in [0.2, 0.25) is 6.41 Å². The molecule has 1 N–H and O–H groups in total. The molecule has 1 aliphatic rings. The van der Waals surface area contributed by atoms with Gasteiger partial charge in [0.15, 0.2) is 0 Å². The lowest BCUT2D eigenvalue weighted by Gasteiger charge is -2.21. The van der Waals surface area contributed by atoms with Crippen molar-refractivity contribution in [2.75, 3.05) is 6.54 Å². The second kappa shape index (κ2) is 3.17. The highest BCUT2D eigenvalue weighted by atomic mass is 19.1. The van der Waals surface area contributed by atoms with Crippen LogP contribution in [0.3, 0.4) is 0 Å². The van der Waals surface area contributed by atoms with Crippen LogP contribution in [0.5, 0.6) is 0 Å². The monoisotopic (exact) mass is 161 g/mol. The van der Waals surface area contributed by atoms with E-state index in [0.717, 1.165) is 0 Å². The summed E-state index contributed by atoms with van der Waals surface area (Å²) in [5.74, 6) is 0. The predicted molar refractivity (Wildman–Crippen MR) is 37.8 cm³/mol.